The molecule has 0 aliphatic carbocycles. The molecule has 0 amide bonds. The van der Waals surface area contributed by atoms with Gasteiger partial charge >= 0.3 is 6.01 Å². The highest BCUT2D eigenvalue weighted by molar-refractivity contribution is 5.47. The van der Waals surface area contributed by atoms with Crippen molar-refractivity contribution in [2.75, 3.05) is 5.32 Å². The fourth-order valence-corrected chi connectivity index (χ4v) is 1.05. The molecule has 2 rings (SSSR count). The standard InChI is InChI=1S/C9H11N5O/c1-6(2)12-9-13-8(14-15-9)7-5-10-3-4-11-7/h3-6H,1-2H3,(H,12,13,14). The van der Waals surface area contributed by atoms with Crippen LogP contribution in [0.2, 0.25) is 0 Å². The second-order valence-electron chi connectivity index (χ2n) is 3.31. The first-order valence-electron chi connectivity index (χ1n) is 4.62. The van der Waals surface area contributed by atoms with Gasteiger partial charge in [0, 0.05) is 18.4 Å². The Bertz CT molecular complexity index is 425. The van der Waals surface area contributed by atoms with E-state index in [2.05, 4.69) is 25.4 Å². The van der Waals surface area contributed by atoms with Crippen molar-refractivity contribution in [3.63, 3.8) is 0 Å². The van der Waals surface area contributed by atoms with Crippen molar-refractivity contribution in [1.82, 2.24) is 20.1 Å². The molecule has 0 fully saturated rings. The Hall–Kier alpha value is -1.98. The topological polar surface area (TPSA) is 76.7 Å². The van der Waals surface area contributed by atoms with Gasteiger partial charge in [-0.25, -0.2) is 4.98 Å². The average molecular weight is 205 g/mol. The second kappa shape index (κ2) is 4.04. The minimum absolute atomic E-state index is 0.250. The van der Waals surface area contributed by atoms with Gasteiger partial charge in [0.15, 0.2) is 0 Å². The van der Waals surface area contributed by atoms with E-state index < -0.39 is 0 Å². The maximum absolute atomic E-state index is 4.99. The quantitative estimate of drug-likeness (QED) is 0.814. The van der Waals surface area contributed by atoms with Crippen LogP contribution >= 0.6 is 0 Å². The van der Waals surface area contributed by atoms with Crippen LogP contribution in [-0.4, -0.2) is 26.2 Å². The fourth-order valence-electron chi connectivity index (χ4n) is 1.05. The first kappa shape index (κ1) is 9.57. The third-order valence-electron chi connectivity index (χ3n) is 1.63. The minimum atomic E-state index is 0.250. The van der Waals surface area contributed by atoms with Crippen molar-refractivity contribution in [3.05, 3.63) is 18.6 Å². The number of anilines is 1. The number of nitrogens with one attached hydrogen (secondary N) is 1. The molecule has 0 saturated carbocycles. The van der Waals surface area contributed by atoms with Gasteiger partial charge in [0.05, 0.1) is 6.20 Å². The van der Waals surface area contributed by atoms with Gasteiger partial charge in [-0.3, -0.25) is 4.98 Å². The van der Waals surface area contributed by atoms with Gasteiger partial charge in [-0.05, 0) is 13.8 Å². The summed E-state index contributed by atoms with van der Waals surface area (Å²) in [6.45, 7) is 3.98. The number of hydrogen-bond donors (Lipinski definition) is 1. The Labute approximate surface area is 86.8 Å². The van der Waals surface area contributed by atoms with Crippen molar-refractivity contribution in [1.29, 1.82) is 0 Å². The number of nitrogens with zero attached hydrogens (tertiary/aromatic N) is 4. The summed E-state index contributed by atoms with van der Waals surface area (Å²) in [7, 11) is 0. The van der Waals surface area contributed by atoms with E-state index in [0.29, 0.717) is 17.5 Å². The van der Waals surface area contributed by atoms with Crippen LogP contribution in [-0.2, 0) is 0 Å². The molecule has 0 aliphatic heterocycles. The third kappa shape index (κ3) is 2.28. The molecule has 2 heterocycles. The molecule has 2 aromatic heterocycles. The maximum Gasteiger partial charge on any atom is 0.322 e. The van der Waals surface area contributed by atoms with Gasteiger partial charge in [-0.2, -0.15) is 4.98 Å². The van der Waals surface area contributed by atoms with Gasteiger partial charge in [-0.1, -0.05) is 5.16 Å². The zero-order chi connectivity index (χ0) is 10.7. The van der Waals surface area contributed by atoms with E-state index in [9.17, 15) is 0 Å². The van der Waals surface area contributed by atoms with E-state index in [1.807, 2.05) is 13.8 Å². The molecule has 0 radical (unpaired) electrons. The highest BCUT2D eigenvalue weighted by Crippen LogP contribution is 2.13. The van der Waals surface area contributed by atoms with Crippen LogP contribution in [0.3, 0.4) is 0 Å². The van der Waals surface area contributed by atoms with Gasteiger partial charge in [0.25, 0.3) is 0 Å². The van der Waals surface area contributed by atoms with E-state index >= 15 is 0 Å². The van der Waals surface area contributed by atoms with Crippen molar-refractivity contribution >= 4 is 6.01 Å². The Morgan fingerprint density at radius 1 is 1.33 bits per heavy atom. The van der Waals surface area contributed by atoms with Crippen LogP contribution in [0.15, 0.2) is 23.1 Å². The SMILES string of the molecule is CC(C)Nc1nc(-c2cnccn2)no1. The van der Waals surface area contributed by atoms with E-state index in [1.165, 1.54) is 0 Å². The third-order valence-corrected chi connectivity index (χ3v) is 1.63. The summed E-state index contributed by atoms with van der Waals surface area (Å²) < 4.78 is 4.99. The van der Waals surface area contributed by atoms with Crippen LogP contribution in [0.1, 0.15) is 13.8 Å². The van der Waals surface area contributed by atoms with Crippen molar-refractivity contribution in [2.24, 2.45) is 0 Å². The summed E-state index contributed by atoms with van der Waals surface area (Å²) in [4.78, 5) is 12.1. The largest absolute Gasteiger partial charge is 0.336 e. The molecule has 0 saturated heterocycles. The predicted octanol–water partition coefficient (Wildman–Crippen LogP) is 1.35. The number of aromatic nitrogens is 4. The molecule has 15 heavy (non-hydrogen) atoms. The molecule has 2 aromatic rings. The summed E-state index contributed by atoms with van der Waals surface area (Å²) in [5.74, 6) is 0.436. The van der Waals surface area contributed by atoms with Gasteiger partial charge in [-0.15, -0.1) is 0 Å². The Morgan fingerprint density at radius 3 is 2.87 bits per heavy atom. The van der Waals surface area contributed by atoms with Crippen LogP contribution in [0.4, 0.5) is 6.01 Å². The zero-order valence-electron chi connectivity index (χ0n) is 8.51. The Morgan fingerprint density at radius 2 is 2.20 bits per heavy atom. The van der Waals surface area contributed by atoms with Crippen molar-refractivity contribution < 1.29 is 4.52 Å². The van der Waals surface area contributed by atoms with Crippen LogP contribution < -0.4 is 5.32 Å². The smallest absolute Gasteiger partial charge is 0.322 e. The molecule has 0 aromatic carbocycles. The second-order valence-corrected chi connectivity index (χ2v) is 3.31. The summed E-state index contributed by atoms with van der Waals surface area (Å²) in [5.41, 5.74) is 0.595. The summed E-state index contributed by atoms with van der Waals surface area (Å²) in [5, 5.41) is 6.79. The molecular weight excluding hydrogens is 194 g/mol. The molecule has 0 bridgehead atoms. The normalized spacial score (nSPS) is 10.6. The lowest BCUT2D eigenvalue weighted by Crippen LogP contribution is -2.09. The van der Waals surface area contributed by atoms with E-state index in [4.69, 9.17) is 4.52 Å². The predicted molar refractivity (Wildman–Crippen MR) is 54.1 cm³/mol. The summed E-state index contributed by atoms with van der Waals surface area (Å²) >= 11 is 0. The molecule has 1 N–H and O–H groups in total. The highest BCUT2D eigenvalue weighted by atomic mass is 16.5. The van der Waals surface area contributed by atoms with Crippen LogP contribution in [0.5, 0.6) is 0 Å². The minimum Gasteiger partial charge on any atom is -0.336 e. The molecular formula is C9H11N5O. The molecule has 6 heteroatoms. The molecule has 0 aliphatic rings. The number of hydrogen-bond acceptors (Lipinski definition) is 6. The zero-order valence-corrected chi connectivity index (χ0v) is 8.51. The van der Waals surface area contributed by atoms with Crippen LogP contribution in [0.25, 0.3) is 11.5 Å². The first-order chi connectivity index (χ1) is 7.25. The van der Waals surface area contributed by atoms with Crippen molar-refractivity contribution in [3.8, 4) is 11.5 Å². The van der Waals surface area contributed by atoms with Gasteiger partial charge in [0.2, 0.25) is 5.82 Å². The van der Waals surface area contributed by atoms with Crippen molar-refractivity contribution in [2.45, 2.75) is 19.9 Å². The maximum atomic E-state index is 4.99. The summed E-state index contributed by atoms with van der Waals surface area (Å²) in [6, 6.07) is 0.644. The molecule has 0 atom stereocenters. The fraction of sp³-hybridized carbons (Fsp3) is 0.333. The van der Waals surface area contributed by atoms with Gasteiger partial charge < -0.3 is 9.84 Å². The molecule has 0 spiro atoms. The average Bonchev–Trinajstić information content (AvgIpc) is 2.67. The van der Waals surface area contributed by atoms with Crippen LogP contribution in [0, 0.1) is 0 Å². The van der Waals surface area contributed by atoms with E-state index in [-0.39, 0.29) is 6.04 Å². The lowest BCUT2D eigenvalue weighted by molar-refractivity contribution is 0.429. The van der Waals surface area contributed by atoms with Gasteiger partial charge in [0.1, 0.15) is 5.69 Å². The highest BCUT2D eigenvalue weighted by Gasteiger charge is 2.09. The first-order valence-corrected chi connectivity index (χ1v) is 4.62. The lowest BCUT2D eigenvalue weighted by atomic mass is 10.4. The Balaban J connectivity index is 2.21. The number of rotatable bonds is 3. The molecule has 0 unspecified atom stereocenters. The monoisotopic (exact) mass is 205 g/mol. The molecule has 6 nitrogen and oxygen atoms in total. The van der Waals surface area contributed by atoms with E-state index in [1.54, 1.807) is 18.6 Å². The summed E-state index contributed by atoms with van der Waals surface area (Å²) in [6.07, 6.45) is 4.77. The lowest BCUT2D eigenvalue weighted by Gasteiger charge is -2.01. The Kier molecular flexibility index (Phi) is 2.57. The van der Waals surface area contributed by atoms with E-state index in [0.717, 1.165) is 0 Å². The molecule has 78 valence electrons.